The Morgan fingerprint density at radius 3 is 1.60 bits per heavy atom. The van der Waals surface area contributed by atoms with E-state index in [1.54, 1.807) is 0 Å². The first kappa shape index (κ1) is 35.6. The summed E-state index contributed by atoms with van der Waals surface area (Å²) >= 11 is 0. The first-order valence-electron chi connectivity index (χ1n) is 21.1. The van der Waals surface area contributed by atoms with Crippen molar-refractivity contribution in [1.82, 2.24) is 4.98 Å². The lowest BCUT2D eigenvalue weighted by Crippen LogP contribution is -2.10. The molecule has 0 radical (unpaired) electrons. The molecule has 0 spiro atoms. The Hall–Kier alpha value is -8.34. The molecule has 10 aromatic carbocycles. The van der Waals surface area contributed by atoms with Gasteiger partial charge in [-0.05, 0) is 118 Å². The molecule has 0 atom stereocenters. The average molecular weight is 794 g/mol. The van der Waals surface area contributed by atoms with E-state index in [1.165, 1.54) is 27.3 Å². The number of aromatic nitrogens is 1. The fraction of sp³-hybridized carbons (Fsp3) is 0. The second-order valence-corrected chi connectivity index (χ2v) is 15.9. The van der Waals surface area contributed by atoms with Crippen molar-refractivity contribution in [2.45, 2.75) is 0 Å². The van der Waals surface area contributed by atoms with Gasteiger partial charge in [0.2, 0.25) is 0 Å². The number of anilines is 6. The second-order valence-electron chi connectivity index (χ2n) is 15.9. The number of para-hydroxylation sites is 3. The fourth-order valence-corrected chi connectivity index (χ4v) is 9.16. The number of aromatic amines is 1. The lowest BCUT2D eigenvalue weighted by Gasteiger charge is -2.27. The van der Waals surface area contributed by atoms with Crippen molar-refractivity contribution in [3.05, 3.63) is 231 Å². The van der Waals surface area contributed by atoms with Crippen molar-refractivity contribution in [1.29, 1.82) is 0 Å². The number of H-pyrrole nitrogens is 1. The molecule has 0 fully saturated rings. The van der Waals surface area contributed by atoms with E-state index >= 15 is 0 Å². The molecule has 2 heterocycles. The molecule has 0 bridgehead atoms. The zero-order chi connectivity index (χ0) is 41.0. The molecular formula is C58H39N3O. The zero-order valence-corrected chi connectivity index (χ0v) is 33.7. The van der Waals surface area contributed by atoms with Gasteiger partial charge in [0.25, 0.3) is 0 Å². The van der Waals surface area contributed by atoms with E-state index in [9.17, 15) is 0 Å². The summed E-state index contributed by atoms with van der Waals surface area (Å²) in [6.45, 7) is 0. The normalized spacial score (nSPS) is 11.5. The van der Waals surface area contributed by atoms with Crippen LogP contribution in [-0.2, 0) is 0 Å². The molecule has 0 unspecified atom stereocenters. The summed E-state index contributed by atoms with van der Waals surface area (Å²) in [6.07, 6.45) is 0. The minimum atomic E-state index is 0.845. The van der Waals surface area contributed by atoms with Gasteiger partial charge in [0.1, 0.15) is 11.2 Å². The maximum atomic E-state index is 6.81. The van der Waals surface area contributed by atoms with Crippen LogP contribution < -0.4 is 9.80 Å². The Labute approximate surface area is 359 Å². The van der Waals surface area contributed by atoms with Crippen molar-refractivity contribution in [2.24, 2.45) is 0 Å². The minimum absolute atomic E-state index is 0.845. The number of furan rings is 1. The van der Waals surface area contributed by atoms with E-state index in [0.29, 0.717) is 0 Å². The van der Waals surface area contributed by atoms with E-state index in [4.69, 9.17) is 4.42 Å². The third-order valence-corrected chi connectivity index (χ3v) is 12.1. The quantitative estimate of drug-likeness (QED) is 0.166. The third kappa shape index (κ3) is 6.16. The summed E-state index contributed by atoms with van der Waals surface area (Å²) in [4.78, 5) is 8.47. The molecule has 0 aliphatic carbocycles. The Balaban J connectivity index is 1.03. The lowest BCUT2D eigenvalue weighted by atomic mass is 9.98. The van der Waals surface area contributed by atoms with Crippen LogP contribution in [0, 0.1) is 0 Å². The SMILES string of the molecule is c1ccc(-c2ccc(N(c3ccc4ccccc4c3)c3cc(-c4ccc5c(c4)oc4cc(N(c6ccccc6)c6ccccc6)ccc45)c4[nH]c5ccccc5c4c3)cc2)cc1. The van der Waals surface area contributed by atoms with Crippen molar-refractivity contribution in [2.75, 3.05) is 9.80 Å². The number of rotatable bonds is 8. The van der Waals surface area contributed by atoms with Gasteiger partial charge in [-0.25, -0.2) is 0 Å². The predicted octanol–water partition coefficient (Wildman–Crippen LogP) is 16.6. The van der Waals surface area contributed by atoms with Crippen LogP contribution >= 0.6 is 0 Å². The molecule has 292 valence electrons. The molecule has 4 heteroatoms. The molecule has 12 aromatic rings. The van der Waals surface area contributed by atoms with Gasteiger partial charge in [-0.15, -0.1) is 0 Å². The highest BCUT2D eigenvalue weighted by atomic mass is 16.3. The average Bonchev–Trinajstić information content (AvgIpc) is 3.90. The Morgan fingerprint density at radius 2 is 0.839 bits per heavy atom. The number of benzene rings is 10. The first-order valence-corrected chi connectivity index (χ1v) is 21.1. The van der Waals surface area contributed by atoms with Crippen LogP contribution in [0.15, 0.2) is 235 Å². The number of hydrogen-bond acceptors (Lipinski definition) is 3. The summed E-state index contributed by atoms with van der Waals surface area (Å²) in [5.74, 6) is 0. The molecule has 0 saturated carbocycles. The Bertz CT molecular complexity index is 3530. The molecule has 4 nitrogen and oxygen atoms in total. The van der Waals surface area contributed by atoms with E-state index in [-0.39, 0.29) is 0 Å². The van der Waals surface area contributed by atoms with Crippen LogP contribution in [-0.4, -0.2) is 4.98 Å². The van der Waals surface area contributed by atoms with Gasteiger partial charge in [0.15, 0.2) is 0 Å². The molecule has 0 amide bonds. The summed E-state index contributed by atoms with van der Waals surface area (Å²) in [5, 5.41) is 6.92. The van der Waals surface area contributed by atoms with Gasteiger partial charge in [0.05, 0.1) is 5.52 Å². The number of nitrogens with one attached hydrogen (secondary N) is 1. The second kappa shape index (κ2) is 14.7. The van der Waals surface area contributed by atoms with Gasteiger partial charge in [-0.1, -0.05) is 133 Å². The van der Waals surface area contributed by atoms with Crippen molar-refractivity contribution in [3.63, 3.8) is 0 Å². The van der Waals surface area contributed by atoms with Crippen molar-refractivity contribution in [3.8, 4) is 22.3 Å². The molecule has 0 aliphatic rings. The third-order valence-electron chi connectivity index (χ3n) is 12.1. The minimum Gasteiger partial charge on any atom is -0.456 e. The van der Waals surface area contributed by atoms with Crippen molar-refractivity contribution < 1.29 is 4.42 Å². The van der Waals surface area contributed by atoms with E-state index in [2.05, 4.69) is 245 Å². The van der Waals surface area contributed by atoms with Crippen LogP contribution in [0.1, 0.15) is 0 Å². The molecular weight excluding hydrogens is 755 g/mol. The Kier molecular flexibility index (Phi) is 8.46. The summed E-state index contributed by atoms with van der Waals surface area (Å²) < 4.78 is 6.81. The van der Waals surface area contributed by atoms with E-state index in [1.807, 2.05) is 0 Å². The van der Waals surface area contributed by atoms with Crippen LogP contribution in [0.25, 0.3) is 76.8 Å². The highest BCUT2D eigenvalue weighted by Crippen LogP contribution is 2.45. The lowest BCUT2D eigenvalue weighted by molar-refractivity contribution is 0.669. The number of nitrogens with zero attached hydrogens (tertiary/aromatic N) is 2. The smallest absolute Gasteiger partial charge is 0.137 e. The monoisotopic (exact) mass is 793 g/mol. The molecule has 62 heavy (non-hydrogen) atoms. The number of fused-ring (bicyclic) bond motifs is 7. The maximum Gasteiger partial charge on any atom is 0.137 e. The van der Waals surface area contributed by atoms with Gasteiger partial charge < -0.3 is 19.2 Å². The van der Waals surface area contributed by atoms with Crippen molar-refractivity contribution >= 4 is 88.6 Å². The molecule has 2 aromatic heterocycles. The highest BCUT2D eigenvalue weighted by Gasteiger charge is 2.21. The van der Waals surface area contributed by atoms with Gasteiger partial charge >= 0.3 is 0 Å². The van der Waals surface area contributed by atoms with Gasteiger partial charge in [0, 0.05) is 72.8 Å². The van der Waals surface area contributed by atoms with Gasteiger partial charge in [-0.3, -0.25) is 0 Å². The van der Waals surface area contributed by atoms with Crippen LogP contribution in [0.2, 0.25) is 0 Å². The molecule has 12 rings (SSSR count). The first-order chi connectivity index (χ1) is 30.7. The largest absolute Gasteiger partial charge is 0.456 e. The predicted molar refractivity (Wildman–Crippen MR) is 261 cm³/mol. The van der Waals surface area contributed by atoms with E-state index in [0.717, 1.165) is 83.6 Å². The summed E-state index contributed by atoms with van der Waals surface area (Å²) in [7, 11) is 0. The van der Waals surface area contributed by atoms with Crippen LogP contribution in [0.5, 0.6) is 0 Å². The molecule has 0 saturated heterocycles. The molecule has 0 aliphatic heterocycles. The summed E-state index contributed by atoms with van der Waals surface area (Å²) in [6, 6.07) is 82.3. The van der Waals surface area contributed by atoms with E-state index < -0.39 is 0 Å². The number of hydrogen-bond donors (Lipinski definition) is 1. The summed E-state index contributed by atoms with van der Waals surface area (Å²) in [5.41, 5.74) is 14.9. The van der Waals surface area contributed by atoms with Crippen LogP contribution in [0.3, 0.4) is 0 Å². The fourth-order valence-electron chi connectivity index (χ4n) is 9.16. The standard InChI is InChI=1S/C58H39N3O/c1-4-14-39(15-5-1)41-24-28-46(29-25-41)61(47-30-26-40-16-10-11-17-42(40)34-47)49-36-53(58-54(37-49)50-22-12-13-23-55(50)59-58)43-27-32-51-52-33-31-48(38-57(52)62-56(51)35-43)60(44-18-6-2-7-19-44)45-20-8-3-9-21-45/h1-38,59H. The highest BCUT2D eigenvalue weighted by molar-refractivity contribution is 6.15. The van der Waals surface area contributed by atoms with Gasteiger partial charge in [-0.2, -0.15) is 0 Å². The Morgan fingerprint density at radius 1 is 0.306 bits per heavy atom. The zero-order valence-electron chi connectivity index (χ0n) is 33.7. The maximum absolute atomic E-state index is 6.81. The topological polar surface area (TPSA) is 35.4 Å². The van der Waals surface area contributed by atoms with Crippen LogP contribution in [0.4, 0.5) is 34.1 Å². The molecule has 1 N–H and O–H groups in total.